The van der Waals surface area contributed by atoms with E-state index in [2.05, 4.69) is 33.0 Å². The lowest BCUT2D eigenvalue weighted by molar-refractivity contribution is -0.136. The average Bonchev–Trinajstić information content (AvgIpc) is 3.09. The molecule has 0 radical (unpaired) electrons. The summed E-state index contributed by atoms with van der Waals surface area (Å²) in [5.41, 5.74) is 1.19. The highest BCUT2D eigenvalue weighted by Gasteiger charge is 2.36. The summed E-state index contributed by atoms with van der Waals surface area (Å²) in [6.45, 7) is 2.05. The molecule has 3 nitrogen and oxygen atoms in total. The molecule has 1 aromatic carbocycles. The van der Waals surface area contributed by atoms with Crippen LogP contribution in [0.5, 0.6) is 0 Å². The zero-order valence-corrected chi connectivity index (χ0v) is 12.4. The summed E-state index contributed by atoms with van der Waals surface area (Å²) in [4.78, 5) is 14.6. The minimum Gasteiger partial charge on any atom is -0.381 e. The van der Waals surface area contributed by atoms with Gasteiger partial charge in [0.1, 0.15) is 0 Å². The summed E-state index contributed by atoms with van der Waals surface area (Å²) < 4.78 is 6.41. The maximum atomic E-state index is 12.6. The molecule has 2 aliphatic rings. The van der Waals surface area contributed by atoms with E-state index in [0.717, 1.165) is 36.9 Å². The highest BCUT2D eigenvalue weighted by atomic mass is 79.9. The van der Waals surface area contributed by atoms with Gasteiger partial charge in [-0.1, -0.05) is 28.1 Å². The summed E-state index contributed by atoms with van der Waals surface area (Å²) >= 11 is 3.48. The van der Waals surface area contributed by atoms with Gasteiger partial charge >= 0.3 is 0 Å². The maximum Gasteiger partial charge on any atom is 0.228 e. The molecule has 0 N–H and O–H groups in total. The third kappa shape index (κ3) is 3.18. The van der Waals surface area contributed by atoms with E-state index in [-0.39, 0.29) is 11.8 Å². The number of carbonyl (C=O) groups excluding carboxylic acids is 1. The van der Waals surface area contributed by atoms with Crippen LogP contribution in [-0.4, -0.2) is 30.1 Å². The number of hydrogen-bond donors (Lipinski definition) is 0. The summed E-state index contributed by atoms with van der Waals surface area (Å²) in [6, 6.07) is 8.66. The molecule has 1 atom stereocenters. The van der Waals surface area contributed by atoms with Gasteiger partial charge in [-0.2, -0.15) is 0 Å². The average molecular weight is 324 g/mol. The molecule has 19 heavy (non-hydrogen) atoms. The van der Waals surface area contributed by atoms with Crippen LogP contribution in [0.15, 0.2) is 28.7 Å². The summed E-state index contributed by atoms with van der Waals surface area (Å²) in [5.74, 6) is 0.354. The normalized spacial score (nSPS) is 22.5. The maximum absolute atomic E-state index is 12.6. The van der Waals surface area contributed by atoms with Gasteiger partial charge in [0.05, 0.1) is 12.5 Å². The molecule has 0 aromatic heterocycles. The summed E-state index contributed by atoms with van der Waals surface area (Å²) in [7, 11) is 0. The smallest absolute Gasteiger partial charge is 0.228 e. The Kier molecular flexibility index (Phi) is 3.89. The number of hydrogen-bond acceptors (Lipinski definition) is 2. The Balaban J connectivity index is 1.72. The molecular weight excluding hydrogens is 306 g/mol. The van der Waals surface area contributed by atoms with Gasteiger partial charge in [-0.05, 0) is 37.0 Å². The van der Waals surface area contributed by atoms with Gasteiger partial charge in [0, 0.05) is 23.7 Å². The Morgan fingerprint density at radius 3 is 2.84 bits per heavy atom. The second-order valence-corrected chi connectivity index (χ2v) is 6.30. The fraction of sp³-hybridized carbons (Fsp3) is 0.533. The Hall–Kier alpha value is -0.870. The molecule has 1 amide bonds. The number of amides is 1. The van der Waals surface area contributed by atoms with Crippen molar-refractivity contribution in [1.29, 1.82) is 0 Å². The standard InChI is InChI=1S/C15H18BrNO2/c16-13-3-1-2-11(8-13)9-17(14-4-5-14)15(18)12-6-7-19-10-12/h1-3,8,12,14H,4-7,9-10H2/t12-/m0/s1. The Morgan fingerprint density at radius 1 is 1.37 bits per heavy atom. The van der Waals surface area contributed by atoms with Crippen LogP contribution in [0.25, 0.3) is 0 Å². The van der Waals surface area contributed by atoms with Crippen LogP contribution in [0.4, 0.5) is 0 Å². The van der Waals surface area contributed by atoms with Crippen molar-refractivity contribution in [2.45, 2.75) is 31.8 Å². The first kappa shape index (κ1) is 13.1. The van der Waals surface area contributed by atoms with Crippen molar-refractivity contribution in [2.75, 3.05) is 13.2 Å². The molecule has 0 spiro atoms. The van der Waals surface area contributed by atoms with Gasteiger partial charge in [-0.3, -0.25) is 4.79 Å². The molecule has 1 aliphatic carbocycles. The Labute approximate surface area is 122 Å². The van der Waals surface area contributed by atoms with E-state index in [1.807, 2.05) is 12.1 Å². The zero-order valence-electron chi connectivity index (χ0n) is 10.8. The van der Waals surface area contributed by atoms with E-state index < -0.39 is 0 Å². The molecule has 3 rings (SSSR count). The molecule has 0 unspecified atom stereocenters. The van der Waals surface area contributed by atoms with E-state index in [9.17, 15) is 4.79 Å². The van der Waals surface area contributed by atoms with Gasteiger partial charge in [0.25, 0.3) is 0 Å². The van der Waals surface area contributed by atoms with Crippen LogP contribution < -0.4 is 0 Å². The topological polar surface area (TPSA) is 29.5 Å². The lowest BCUT2D eigenvalue weighted by atomic mass is 10.1. The van der Waals surface area contributed by atoms with E-state index >= 15 is 0 Å². The fourth-order valence-corrected chi connectivity index (χ4v) is 3.02. The van der Waals surface area contributed by atoms with Gasteiger partial charge in [0.2, 0.25) is 5.91 Å². The number of nitrogens with zero attached hydrogens (tertiary/aromatic N) is 1. The van der Waals surface area contributed by atoms with Crippen molar-refractivity contribution < 1.29 is 9.53 Å². The highest BCUT2D eigenvalue weighted by Crippen LogP contribution is 2.31. The second-order valence-electron chi connectivity index (χ2n) is 5.39. The van der Waals surface area contributed by atoms with Crippen molar-refractivity contribution in [2.24, 2.45) is 5.92 Å². The van der Waals surface area contributed by atoms with E-state index in [0.29, 0.717) is 12.6 Å². The molecule has 1 aliphatic heterocycles. The number of rotatable bonds is 4. The predicted molar refractivity (Wildman–Crippen MR) is 76.6 cm³/mol. The molecule has 1 saturated heterocycles. The van der Waals surface area contributed by atoms with Gasteiger partial charge in [-0.15, -0.1) is 0 Å². The first-order chi connectivity index (χ1) is 9.24. The lowest BCUT2D eigenvalue weighted by Gasteiger charge is -2.25. The molecular formula is C15H18BrNO2. The van der Waals surface area contributed by atoms with Crippen LogP contribution >= 0.6 is 15.9 Å². The van der Waals surface area contributed by atoms with E-state index in [1.165, 1.54) is 5.56 Å². The number of halogens is 1. The minimum absolute atomic E-state index is 0.0766. The second kappa shape index (κ2) is 5.63. The summed E-state index contributed by atoms with van der Waals surface area (Å²) in [6.07, 6.45) is 3.17. The van der Waals surface area contributed by atoms with Gasteiger partial charge in [0.15, 0.2) is 0 Å². The third-order valence-corrected chi connectivity index (χ3v) is 4.28. The van der Waals surface area contributed by atoms with Crippen molar-refractivity contribution in [1.82, 2.24) is 4.90 Å². The quantitative estimate of drug-likeness (QED) is 0.852. The molecule has 102 valence electrons. The van der Waals surface area contributed by atoms with Crippen molar-refractivity contribution >= 4 is 21.8 Å². The highest BCUT2D eigenvalue weighted by molar-refractivity contribution is 9.10. The molecule has 1 saturated carbocycles. The van der Waals surface area contributed by atoms with Crippen molar-refractivity contribution in [3.05, 3.63) is 34.3 Å². The predicted octanol–water partition coefficient (Wildman–Crippen LogP) is 2.98. The van der Waals surface area contributed by atoms with Crippen molar-refractivity contribution in [3.8, 4) is 0 Å². The fourth-order valence-electron chi connectivity index (χ4n) is 2.57. The van der Waals surface area contributed by atoms with Crippen LogP contribution in [0.1, 0.15) is 24.8 Å². The van der Waals surface area contributed by atoms with Crippen LogP contribution in [0.3, 0.4) is 0 Å². The number of benzene rings is 1. The van der Waals surface area contributed by atoms with E-state index in [4.69, 9.17) is 4.74 Å². The summed E-state index contributed by atoms with van der Waals surface area (Å²) in [5, 5.41) is 0. The molecule has 2 fully saturated rings. The Bertz CT molecular complexity index is 467. The third-order valence-electron chi connectivity index (χ3n) is 3.79. The molecule has 1 heterocycles. The van der Waals surface area contributed by atoms with Gasteiger partial charge in [-0.25, -0.2) is 0 Å². The first-order valence-electron chi connectivity index (χ1n) is 6.87. The van der Waals surface area contributed by atoms with Gasteiger partial charge < -0.3 is 9.64 Å². The minimum atomic E-state index is 0.0766. The molecule has 0 bridgehead atoms. The van der Waals surface area contributed by atoms with Crippen LogP contribution in [0.2, 0.25) is 0 Å². The number of ether oxygens (including phenoxy) is 1. The lowest BCUT2D eigenvalue weighted by Crippen LogP contribution is -2.37. The largest absolute Gasteiger partial charge is 0.381 e. The van der Waals surface area contributed by atoms with Crippen LogP contribution in [0, 0.1) is 5.92 Å². The first-order valence-corrected chi connectivity index (χ1v) is 7.66. The van der Waals surface area contributed by atoms with Crippen LogP contribution in [-0.2, 0) is 16.1 Å². The zero-order chi connectivity index (χ0) is 13.2. The SMILES string of the molecule is O=C([C@H]1CCOC1)N(Cc1cccc(Br)c1)C1CC1. The van der Waals surface area contributed by atoms with E-state index in [1.54, 1.807) is 0 Å². The number of carbonyl (C=O) groups is 1. The monoisotopic (exact) mass is 323 g/mol. The molecule has 4 heteroatoms. The Morgan fingerprint density at radius 2 is 2.21 bits per heavy atom. The van der Waals surface area contributed by atoms with Crippen molar-refractivity contribution in [3.63, 3.8) is 0 Å². The molecule has 1 aromatic rings.